The molecule has 3 rings (SSSR count). The zero-order valence-electron chi connectivity index (χ0n) is 25.8. The Morgan fingerprint density at radius 2 is 1.65 bits per heavy atom. The first-order valence-electron chi connectivity index (χ1n) is 14.7. The van der Waals surface area contributed by atoms with Gasteiger partial charge in [0.2, 0.25) is 0 Å². The minimum atomic E-state index is -2.54. The van der Waals surface area contributed by atoms with Gasteiger partial charge in [-0.2, -0.15) is 0 Å². The maximum atomic E-state index is 10.6. The van der Waals surface area contributed by atoms with Crippen LogP contribution in [0.25, 0.3) is 0 Å². The fraction of sp³-hybridized carbons (Fsp3) is 0.500. The lowest BCUT2D eigenvalue weighted by molar-refractivity contribution is 0.0448. The monoisotopic (exact) mass is 558 g/mol. The number of allylic oxidation sites excluding steroid dienone is 1. The van der Waals surface area contributed by atoms with Crippen molar-refractivity contribution in [3.63, 3.8) is 0 Å². The smallest absolute Gasteiger partial charge is 0.261 e. The molecule has 0 aromatic heterocycles. The Morgan fingerprint density at radius 1 is 1.10 bits per heavy atom. The van der Waals surface area contributed by atoms with Crippen molar-refractivity contribution in [1.29, 1.82) is 0 Å². The lowest BCUT2D eigenvalue weighted by atomic mass is 9.61. The molecule has 1 aliphatic carbocycles. The van der Waals surface area contributed by atoms with Crippen molar-refractivity contribution in [1.82, 2.24) is 0 Å². The SMILES string of the molecule is C#CC(O)C1CCC(C)=C(C(CC(=C)CCCO[Si](c2ccccc2)(c2ccccc2)C(C)(C)C)OC)C1(C)C. The van der Waals surface area contributed by atoms with Crippen molar-refractivity contribution in [2.24, 2.45) is 11.3 Å². The summed E-state index contributed by atoms with van der Waals surface area (Å²) in [7, 11) is -0.760. The van der Waals surface area contributed by atoms with E-state index in [1.807, 2.05) is 0 Å². The van der Waals surface area contributed by atoms with E-state index in [0.29, 0.717) is 6.61 Å². The number of benzene rings is 2. The molecule has 0 spiro atoms. The fourth-order valence-corrected chi connectivity index (χ4v) is 11.6. The van der Waals surface area contributed by atoms with Crippen molar-refractivity contribution in [3.05, 3.63) is 84.0 Å². The lowest BCUT2D eigenvalue weighted by Gasteiger charge is -2.45. The standard InChI is InChI=1S/C36H50O3Si/c1-10-32(37)31-24-23-28(3)34(36(31,7)8)33(38-9)26-27(2)18-17-25-39-40(35(4,5)6,29-19-13-11-14-20-29)30-21-15-12-16-22-30/h1,11-16,19-22,31-33,37H,2,17-18,23-26H2,3-9H3. The number of hydrogen-bond acceptors (Lipinski definition) is 3. The molecule has 3 nitrogen and oxygen atoms in total. The zero-order valence-corrected chi connectivity index (χ0v) is 26.8. The largest absolute Gasteiger partial charge is 0.407 e. The van der Waals surface area contributed by atoms with Gasteiger partial charge in [-0.3, -0.25) is 0 Å². The van der Waals surface area contributed by atoms with Crippen molar-refractivity contribution in [2.75, 3.05) is 13.7 Å². The van der Waals surface area contributed by atoms with E-state index in [2.05, 4.69) is 115 Å². The summed E-state index contributed by atoms with van der Waals surface area (Å²) in [6.45, 7) is 18.7. The van der Waals surface area contributed by atoms with Crippen LogP contribution in [0.15, 0.2) is 84.0 Å². The van der Waals surface area contributed by atoms with Crippen molar-refractivity contribution in [2.45, 2.75) is 90.9 Å². The van der Waals surface area contributed by atoms with Crippen LogP contribution in [-0.2, 0) is 9.16 Å². The molecule has 0 amide bonds. The van der Waals surface area contributed by atoms with E-state index in [0.717, 1.165) is 37.7 Å². The average Bonchev–Trinajstić information content (AvgIpc) is 2.92. The van der Waals surface area contributed by atoms with Crippen LogP contribution < -0.4 is 10.4 Å². The van der Waals surface area contributed by atoms with Crippen LogP contribution in [0.3, 0.4) is 0 Å². The number of rotatable bonds is 12. The highest BCUT2D eigenvalue weighted by molar-refractivity contribution is 6.99. The van der Waals surface area contributed by atoms with Gasteiger partial charge < -0.3 is 14.3 Å². The Morgan fingerprint density at radius 3 is 2.12 bits per heavy atom. The van der Waals surface area contributed by atoms with E-state index in [-0.39, 0.29) is 22.5 Å². The molecule has 0 heterocycles. The van der Waals surface area contributed by atoms with E-state index < -0.39 is 14.4 Å². The van der Waals surface area contributed by atoms with E-state index >= 15 is 0 Å². The molecule has 1 N–H and O–H groups in total. The van der Waals surface area contributed by atoms with Crippen LogP contribution in [0.2, 0.25) is 5.04 Å². The highest BCUT2D eigenvalue weighted by Crippen LogP contribution is 2.49. The van der Waals surface area contributed by atoms with E-state index in [4.69, 9.17) is 15.6 Å². The van der Waals surface area contributed by atoms with Crippen LogP contribution in [0.5, 0.6) is 0 Å². The fourth-order valence-electron chi connectivity index (χ4n) is 6.95. The summed E-state index contributed by atoms with van der Waals surface area (Å²) in [5, 5.41) is 13.1. The molecule has 0 saturated carbocycles. The Bertz CT molecular complexity index is 1140. The van der Waals surface area contributed by atoms with Gasteiger partial charge in [-0.1, -0.05) is 119 Å². The molecular formula is C36H50O3Si. The molecule has 2 aromatic carbocycles. The first-order valence-corrected chi connectivity index (χ1v) is 16.6. The van der Waals surface area contributed by atoms with Gasteiger partial charge >= 0.3 is 0 Å². The Hall–Kier alpha value is -2.42. The summed E-state index contributed by atoms with van der Waals surface area (Å²) >= 11 is 0. The summed E-state index contributed by atoms with van der Waals surface area (Å²) < 4.78 is 13.2. The third-order valence-electron chi connectivity index (χ3n) is 8.95. The van der Waals surface area contributed by atoms with Gasteiger partial charge in [0.15, 0.2) is 0 Å². The van der Waals surface area contributed by atoms with Gasteiger partial charge in [0.05, 0.1) is 6.10 Å². The Balaban J connectivity index is 1.74. The summed E-state index contributed by atoms with van der Waals surface area (Å²) in [5.74, 6) is 2.58. The van der Waals surface area contributed by atoms with Crippen LogP contribution in [0.4, 0.5) is 0 Å². The van der Waals surface area contributed by atoms with Gasteiger partial charge in [-0.05, 0) is 65.4 Å². The van der Waals surface area contributed by atoms with Crippen LogP contribution >= 0.6 is 0 Å². The van der Waals surface area contributed by atoms with E-state index in [1.54, 1.807) is 7.11 Å². The third kappa shape index (κ3) is 6.72. The Kier molecular flexibility index (Phi) is 10.8. The second-order valence-electron chi connectivity index (χ2n) is 13.0. The third-order valence-corrected chi connectivity index (χ3v) is 14.0. The first-order chi connectivity index (χ1) is 18.9. The molecule has 3 atom stereocenters. The quantitative estimate of drug-likeness (QED) is 0.131. The molecule has 1 aliphatic rings. The average molecular weight is 559 g/mol. The molecular weight excluding hydrogens is 508 g/mol. The number of methoxy groups -OCH3 is 1. The molecule has 0 fully saturated rings. The predicted molar refractivity (Wildman–Crippen MR) is 171 cm³/mol. The second kappa shape index (κ2) is 13.5. The first kappa shape index (κ1) is 32.1. The van der Waals surface area contributed by atoms with Crippen LogP contribution in [-0.4, -0.2) is 39.3 Å². The van der Waals surface area contributed by atoms with E-state index in [1.165, 1.54) is 21.5 Å². The summed E-state index contributed by atoms with van der Waals surface area (Å²) in [4.78, 5) is 0. The van der Waals surface area contributed by atoms with Crippen LogP contribution in [0, 0.1) is 23.7 Å². The molecule has 2 aromatic rings. The second-order valence-corrected chi connectivity index (χ2v) is 17.3. The topological polar surface area (TPSA) is 38.7 Å². The summed E-state index contributed by atoms with van der Waals surface area (Å²) in [6.07, 6.45) is 9.15. The van der Waals surface area contributed by atoms with Gasteiger partial charge in [-0.25, -0.2) is 0 Å². The van der Waals surface area contributed by atoms with Crippen molar-refractivity contribution in [3.8, 4) is 12.3 Å². The normalized spacial score (nSPS) is 19.1. The van der Waals surface area contributed by atoms with Crippen molar-refractivity contribution < 1.29 is 14.3 Å². The highest BCUT2D eigenvalue weighted by atomic mass is 28.4. The number of aliphatic hydroxyl groups is 1. The molecule has 40 heavy (non-hydrogen) atoms. The van der Waals surface area contributed by atoms with Gasteiger partial charge in [-0.15, -0.1) is 6.42 Å². The van der Waals surface area contributed by atoms with Crippen molar-refractivity contribution >= 4 is 18.7 Å². The number of ether oxygens (including phenoxy) is 1. The van der Waals surface area contributed by atoms with E-state index in [9.17, 15) is 5.11 Å². The molecule has 0 saturated heterocycles. The lowest BCUT2D eigenvalue weighted by Crippen LogP contribution is -2.66. The van der Waals surface area contributed by atoms with Crippen LogP contribution in [0.1, 0.15) is 73.6 Å². The number of hydrogen-bond donors (Lipinski definition) is 1. The maximum Gasteiger partial charge on any atom is 0.261 e. The summed E-state index contributed by atoms with van der Waals surface area (Å²) in [6, 6.07) is 21.6. The van der Waals surface area contributed by atoms with Gasteiger partial charge in [0.25, 0.3) is 8.32 Å². The molecule has 216 valence electrons. The molecule has 3 unspecified atom stereocenters. The minimum Gasteiger partial charge on any atom is -0.407 e. The molecule has 0 bridgehead atoms. The molecule has 4 heteroatoms. The highest BCUT2D eigenvalue weighted by Gasteiger charge is 2.50. The van der Waals surface area contributed by atoms with Gasteiger partial charge in [0, 0.05) is 19.6 Å². The predicted octanol–water partition coefficient (Wildman–Crippen LogP) is 7.05. The molecule has 0 radical (unpaired) electrons. The molecule has 0 aliphatic heterocycles. The number of aliphatic hydroxyl groups excluding tert-OH is 1. The minimum absolute atomic E-state index is 0.0157. The maximum absolute atomic E-state index is 10.6. The zero-order chi connectivity index (χ0) is 29.6. The Labute approximate surface area is 244 Å². The number of terminal acetylenes is 1. The van der Waals surface area contributed by atoms with Gasteiger partial charge in [0.1, 0.15) is 6.10 Å². The summed E-state index contributed by atoms with van der Waals surface area (Å²) in [5.41, 5.74) is 3.53.